The first-order valence-electron chi connectivity index (χ1n) is 5.54. The first-order chi connectivity index (χ1) is 7.81. The Morgan fingerprint density at radius 1 is 1.56 bits per heavy atom. The monoisotopic (exact) mass is 242 g/mol. The minimum Gasteiger partial charge on any atom is -0.348 e. The Bertz CT molecular complexity index is 341. The second-order valence-corrected chi connectivity index (χ2v) is 4.44. The summed E-state index contributed by atoms with van der Waals surface area (Å²) in [5, 5.41) is 12.8. The molecule has 1 aromatic rings. The summed E-state index contributed by atoms with van der Waals surface area (Å²) in [6.45, 7) is 0. The number of hydrogen-bond acceptors (Lipinski definition) is 3. The number of hydrogen-bond donors (Lipinski definition) is 2. The normalized spacial score (nSPS) is 25.3. The summed E-state index contributed by atoms with van der Waals surface area (Å²) in [4.78, 5) is 11.8. The molecule has 1 saturated carbocycles. The molecular formula is C10H15ClN4O. The third kappa shape index (κ3) is 2.52. The summed E-state index contributed by atoms with van der Waals surface area (Å²) in [6.07, 6.45) is 5.87. The van der Waals surface area contributed by atoms with Gasteiger partial charge in [-0.1, -0.05) is 12.8 Å². The number of aromatic amines is 1. The van der Waals surface area contributed by atoms with Gasteiger partial charge in [-0.15, -0.1) is 11.6 Å². The first kappa shape index (κ1) is 11.4. The topological polar surface area (TPSA) is 70.7 Å². The zero-order chi connectivity index (χ0) is 11.4. The van der Waals surface area contributed by atoms with E-state index in [1.165, 1.54) is 12.6 Å². The highest BCUT2D eigenvalue weighted by molar-refractivity contribution is 6.18. The summed E-state index contributed by atoms with van der Waals surface area (Å²) in [6, 6.07) is 0.176. The van der Waals surface area contributed by atoms with Crippen LogP contribution in [0.3, 0.4) is 0 Å². The van der Waals surface area contributed by atoms with E-state index in [9.17, 15) is 4.79 Å². The van der Waals surface area contributed by atoms with Crippen molar-refractivity contribution in [3.8, 4) is 0 Å². The summed E-state index contributed by atoms with van der Waals surface area (Å²) in [7, 11) is 0. The highest BCUT2D eigenvalue weighted by atomic mass is 35.5. The van der Waals surface area contributed by atoms with E-state index in [1.54, 1.807) is 0 Å². The molecule has 1 aliphatic rings. The number of amides is 1. The maximum Gasteiger partial charge on any atom is 0.273 e. The van der Waals surface area contributed by atoms with Crippen LogP contribution in [0.4, 0.5) is 0 Å². The lowest BCUT2D eigenvalue weighted by atomic mass is 9.86. The van der Waals surface area contributed by atoms with Crippen LogP contribution in [0.2, 0.25) is 0 Å². The van der Waals surface area contributed by atoms with Crippen molar-refractivity contribution < 1.29 is 4.79 Å². The van der Waals surface area contributed by atoms with Crippen LogP contribution < -0.4 is 5.32 Å². The van der Waals surface area contributed by atoms with Gasteiger partial charge in [0.1, 0.15) is 0 Å². The van der Waals surface area contributed by atoms with Crippen LogP contribution in [0.5, 0.6) is 0 Å². The van der Waals surface area contributed by atoms with E-state index in [1.807, 2.05) is 0 Å². The average molecular weight is 243 g/mol. The van der Waals surface area contributed by atoms with Crippen LogP contribution in [-0.2, 0) is 0 Å². The molecule has 0 spiro atoms. The molecule has 0 aliphatic heterocycles. The number of rotatable bonds is 3. The molecule has 2 atom stereocenters. The van der Waals surface area contributed by atoms with Gasteiger partial charge in [0.15, 0.2) is 5.69 Å². The van der Waals surface area contributed by atoms with Crippen LogP contribution in [0.25, 0.3) is 0 Å². The Labute approximate surface area is 98.9 Å². The smallest absolute Gasteiger partial charge is 0.273 e. The van der Waals surface area contributed by atoms with Gasteiger partial charge in [0.2, 0.25) is 0 Å². The fraction of sp³-hybridized carbons (Fsp3) is 0.700. The minimum atomic E-state index is -0.171. The summed E-state index contributed by atoms with van der Waals surface area (Å²) in [5.74, 6) is 0.811. The second-order valence-electron chi connectivity index (χ2n) is 4.13. The third-order valence-electron chi connectivity index (χ3n) is 3.07. The number of nitrogens with zero attached hydrogens (tertiary/aromatic N) is 2. The predicted octanol–water partition coefficient (Wildman–Crippen LogP) is 1.33. The fourth-order valence-electron chi connectivity index (χ4n) is 2.14. The van der Waals surface area contributed by atoms with Gasteiger partial charge in [0.25, 0.3) is 5.91 Å². The van der Waals surface area contributed by atoms with E-state index in [2.05, 4.69) is 20.7 Å². The molecule has 0 aromatic carbocycles. The van der Waals surface area contributed by atoms with E-state index >= 15 is 0 Å². The maximum atomic E-state index is 11.8. The molecule has 2 rings (SSSR count). The highest BCUT2D eigenvalue weighted by Crippen LogP contribution is 2.25. The first-order valence-corrected chi connectivity index (χ1v) is 6.07. The quantitative estimate of drug-likeness (QED) is 0.786. The van der Waals surface area contributed by atoms with Crippen LogP contribution >= 0.6 is 11.6 Å². The number of aromatic nitrogens is 3. The molecule has 6 heteroatoms. The fourth-order valence-corrected chi connectivity index (χ4v) is 2.51. The number of nitrogens with one attached hydrogen (secondary N) is 2. The van der Waals surface area contributed by atoms with Gasteiger partial charge < -0.3 is 5.32 Å². The van der Waals surface area contributed by atoms with Crippen molar-refractivity contribution >= 4 is 17.5 Å². The molecule has 2 N–H and O–H groups in total. The average Bonchev–Trinajstić information content (AvgIpc) is 2.83. The Balaban J connectivity index is 1.95. The van der Waals surface area contributed by atoms with Crippen molar-refractivity contribution in [1.29, 1.82) is 0 Å². The summed E-state index contributed by atoms with van der Waals surface area (Å²) >= 11 is 5.90. The lowest BCUT2D eigenvalue weighted by Crippen LogP contribution is -2.42. The number of alkyl halides is 1. The number of H-pyrrole nitrogens is 1. The van der Waals surface area contributed by atoms with Gasteiger partial charge in [-0.2, -0.15) is 15.4 Å². The third-order valence-corrected chi connectivity index (χ3v) is 3.47. The van der Waals surface area contributed by atoms with Gasteiger partial charge in [-0.3, -0.25) is 4.79 Å². The molecule has 16 heavy (non-hydrogen) atoms. The molecule has 0 radical (unpaired) electrons. The SMILES string of the molecule is O=C(NC1CCCCC1CCl)c1cn[nH]n1. The van der Waals surface area contributed by atoms with E-state index in [0.717, 1.165) is 19.3 Å². The summed E-state index contributed by atoms with van der Waals surface area (Å²) in [5.41, 5.74) is 0.332. The largest absolute Gasteiger partial charge is 0.348 e. The molecule has 1 amide bonds. The Kier molecular flexibility index (Phi) is 3.77. The van der Waals surface area contributed by atoms with E-state index in [0.29, 0.717) is 17.5 Å². The van der Waals surface area contributed by atoms with Gasteiger partial charge in [0.05, 0.1) is 6.20 Å². The highest BCUT2D eigenvalue weighted by Gasteiger charge is 2.26. The number of halogens is 1. The van der Waals surface area contributed by atoms with E-state index in [4.69, 9.17) is 11.6 Å². The van der Waals surface area contributed by atoms with Crippen LogP contribution in [0.15, 0.2) is 6.20 Å². The van der Waals surface area contributed by atoms with Crippen molar-refractivity contribution in [2.75, 3.05) is 5.88 Å². The molecule has 1 aromatic heterocycles. The van der Waals surface area contributed by atoms with Crippen LogP contribution in [0, 0.1) is 5.92 Å². The van der Waals surface area contributed by atoms with Gasteiger partial charge in [0, 0.05) is 11.9 Å². The van der Waals surface area contributed by atoms with Crippen LogP contribution in [0.1, 0.15) is 36.2 Å². The summed E-state index contributed by atoms with van der Waals surface area (Å²) < 4.78 is 0. The zero-order valence-corrected chi connectivity index (χ0v) is 9.70. The van der Waals surface area contributed by atoms with E-state index < -0.39 is 0 Å². The Morgan fingerprint density at radius 2 is 2.38 bits per heavy atom. The second kappa shape index (κ2) is 5.30. The lowest BCUT2D eigenvalue weighted by Gasteiger charge is -2.30. The standard InChI is InChI=1S/C10H15ClN4O/c11-5-7-3-1-2-4-8(7)13-10(16)9-6-12-15-14-9/h6-8H,1-5H2,(H,13,16)(H,12,14,15). The van der Waals surface area contributed by atoms with E-state index in [-0.39, 0.29) is 11.9 Å². The molecule has 88 valence electrons. The maximum absolute atomic E-state index is 11.8. The minimum absolute atomic E-state index is 0.171. The van der Waals surface area contributed by atoms with Gasteiger partial charge in [-0.05, 0) is 18.8 Å². The molecule has 5 nitrogen and oxygen atoms in total. The van der Waals surface area contributed by atoms with Crippen molar-refractivity contribution in [3.63, 3.8) is 0 Å². The molecule has 0 bridgehead atoms. The number of carbonyl (C=O) groups is 1. The molecule has 2 unspecified atom stereocenters. The Morgan fingerprint density at radius 3 is 3.06 bits per heavy atom. The van der Waals surface area contributed by atoms with Crippen molar-refractivity contribution in [2.45, 2.75) is 31.7 Å². The van der Waals surface area contributed by atoms with Crippen LogP contribution in [-0.4, -0.2) is 33.2 Å². The molecule has 1 aliphatic carbocycles. The molecular weight excluding hydrogens is 228 g/mol. The van der Waals surface area contributed by atoms with Crippen molar-refractivity contribution in [1.82, 2.24) is 20.7 Å². The molecule has 1 fully saturated rings. The van der Waals surface area contributed by atoms with Crippen molar-refractivity contribution in [3.05, 3.63) is 11.9 Å². The lowest BCUT2D eigenvalue weighted by molar-refractivity contribution is 0.0906. The molecule has 0 saturated heterocycles. The number of carbonyl (C=O) groups excluding carboxylic acids is 1. The van der Waals surface area contributed by atoms with Gasteiger partial charge >= 0.3 is 0 Å². The van der Waals surface area contributed by atoms with Crippen molar-refractivity contribution in [2.24, 2.45) is 5.92 Å². The predicted molar refractivity (Wildman–Crippen MR) is 60.3 cm³/mol. The molecule has 1 heterocycles. The Hall–Kier alpha value is -1.10. The van der Waals surface area contributed by atoms with Gasteiger partial charge in [-0.25, -0.2) is 0 Å². The zero-order valence-electron chi connectivity index (χ0n) is 8.95.